The predicted molar refractivity (Wildman–Crippen MR) is 76.4 cm³/mol. The Kier molecular flexibility index (Phi) is 3.95. The Bertz CT molecular complexity index is 480. The molecule has 1 aliphatic heterocycles. The second kappa shape index (κ2) is 5.33. The van der Waals surface area contributed by atoms with E-state index >= 15 is 0 Å². The third-order valence-electron chi connectivity index (χ3n) is 3.86. The van der Waals surface area contributed by atoms with Crippen molar-refractivity contribution < 1.29 is 9.53 Å². The van der Waals surface area contributed by atoms with Crippen LogP contribution < -0.4 is 4.74 Å². The fraction of sp³-hybridized carbons (Fsp3) is 0.562. The number of nitrogens with zero attached hydrogens (tertiary/aromatic N) is 1. The van der Waals surface area contributed by atoms with Gasteiger partial charge >= 0.3 is 0 Å². The average Bonchev–Trinajstić information content (AvgIpc) is 2.34. The lowest BCUT2D eigenvalue weighted by Gasteiger charge is -2.37. The van der Waals surface area contributed by atoms with Gasteiger partial charge in [-0.1, -0.05) is 31.5 Å². The maximum Gasteiger partial charge on any atom is 0.141 e. The molecule has 0 amide bonds. The van der Waals surface area contributed by atoms with E-state index in [9.17, 15) is 4.79 Å². The number of carbonyl (C=O) groups excluding carboxylic acids is 1. The lowest BCUT2D eigenvalue weighted by molar-refractivity contribution is -0.131. The molecule has 1 fully saturated rings. The SMILES string of the molecule is COc1ccc(C)cc1CN1CCC(=O)C(C)(C)C1. The molecule has 3 nitrogen and oxygen atoms in total. The van der Waals surface area contributed by atoms with Crippen molar-refractivity contribution in [2.45, 2.75) is 33.7 Å². The summed E-state index contributed by atoms with van der Waals surface area (Å²) in [6, 6.07) is 6.25. The van der Waals surface area contributed by atoms with E-state index in [2.05, 4.69) is 24.0 Å². The summed E-state index contributed by atoms with van der Waals surface area (Å²) in [4.78, 5) is 14.2. The van der Waals surface area contributed by atoms with Crippen molar-refractivity contribution in [1.82, 2.24) is 4.90 Å². The summed E-state index contributed by atoms with van der Waals surface area (Å²) in [6.45, 7) is 8.68. The zero-order valence-electron chi connectivity index (χ0n) is 12.3. The highest BCUT2D eigenvalue weighted by Crippen LogP contribution is 2.28. The van der Waals surface area contributed by atoms with Gasteiger partial charge in [0, 0.05) is 37.0 Å². The average molecular weight is 261 g/mol. The van der Waals surface area contributed by atoms with Crippen LogP contribution >= 0.6 is 0 Å². The van der Waals surface area contributed by atoms with Gasteiger partial charge in [0.15, 0.2) is 0 Å². The van der Waals surface area contributed by atoms with Crippen LogP contribution in [0.2, 0.25) is 0 Å². The van der Waals surface area contributed by atoms with E-state index in [1.165, 1.54) is 11.1 Å². The first kappa shape index (κ1) is 14.1. The summed E-state index contributed by atoms with van der Waals surface area (Å²) in [7, 11) is 1.71. The lowest BCUT2D eigenvalue weighted by Crippen LogP contribution is -2.45. The molecule has 0 aromatic heterocycles. The number of aryl methyl sites for hydroxylation is 1. The predicted octanol–water partition coefficient (Wildman–Crippen LogP) is 2.80. The number of piperidine rings is 1. The van der Waals surface area contributed by atoms with Crippen LogP contribution in [-0.2, 0) is 11.3 Å². The lowest BCUT2D eigenvalue weighted by atomic mass is 9.82. The molecule has 0 unspecified atom stereocenters. The van der Waals surface area contributed by atoms with E-state index in [-0.39, 0.29) is 5.41 Å². The summed E-state index contributed by atoms with van der Waals surface area (Å²) in [5, 5.41) is 0. The number of methoxy groups -OCH3 is 1. The molecule has 0 radical (unpaired) electrons. The quantitative estimate of drug-likeness (QED) is 0.838. The second-order valence-electron chi connectivity index (χ2n) is 6.08. The van der Waals surface area contributed by atoms with Gasteiger partial charge in [-0.3, -0.25) is 9.69 Å². The zero-order chi connectivity index (χ0) is 14.0. The molecule has 1 heterocycles. The van der Waals surface area contributed by atoms with Gasteiger partial charge in [-0.15, -0.1) is 0 Å². The normalized spacial score (nSPS) is 19.5. The molecule has 1 aromatic carbocycles. The molecular formula is C16H23NO2. The third-order valence-corrected chi connectivity index (χ3v) is 3.86. The Balaban J connectivity index is 2.13. The van der Waals surface area contributed by atoms with Crippen LogP contribution in [0.25, 0.3) is 0 Å². The number of benzene rings is 1. The molecule has 1 aliphatic rings. The molecule has 0 aliphatic carbocycles. The van der Waals surface area contributed by atoms with Crippen molar-refractivity contribution in [1.29, 1.82) is 0 Å². The van der Waals surface area contributed by atoms with E-state index < -0.39 is 0 Å². The molecule has 0 saturated carbocycles. The van der Waals surface area contributed by atoms with E-state index in [4.69, 9.17) is 4.74 Å². The number of ketones is 1. The summed E-state index contributed by atoms with van der Waals surface area (Å²) in [5.74, 6) is 1.31. The molecule has 2 rings (SSSR count). The molecule has 0 spiro atoms. The van der Waals surface area contributed by atoms with E-state index in [0.717, 1.165) is 25.4 Å². The molecule has 0 bridgehead atoms. The number of hydrogen-bond acceptors (Lipinski definition) is 3. The molecule has 1 aromatic rings. The first-order chi connectivity index (χ1) is 8.92. The van der Waals surface area contributed by atoms with E-state index in [0.29, 0.717) is 12.2 Å². The first-order valence-corrected chi connectivity index (χ1v) is 6.81. The minimum absolute atomic E-state index is 0.227. The highest BCUT2D eigenvalue weighted by Gasteiger charge is 2.34. The van der Waals surface area contributed by atoms with Crippen LogP contribution in [0.5, 0.6) is 5.75 Å². The van der Waals surface area contributed by atoms with Crippen LogP contribution in [0, 0.1) is 12.3 Å². The molecule has 104 valence electrons. The van der Waals surface area contributed by atoms with Gasteiger partial charge in [-0.05, 0) is 13.0 Å². The monoisotopic (exact) mass is 261 g/mol. The van der Waals surface area contributed by atoms with Gasteiger partial charge in [0.1, 0.15) is 11.5 Å². The van der Waals surface area contributed by atoms with Crippen molar-refractivity contribution in [3.8, 4) is 5.75 Å². The zero-order valence-corrected chi connectivity index (χ0v) is 12.3. The molecule has 19 heavy (non-hydrogen) atoms. The number of carbonyl (C=O) groups is 1. The van der Waals surface area contributed by atoms with Crippen molar-refractivity contribution in [2.24, 2.45) is 5.41 Å². The third kappa shape index (κ3) is 3.16. The smallest absolute Gasteiger partial charge is 0.141 e. The molecule has 3 heteroatoms. The number of rotatable bonds is 3. The van der Waals surface area contributed by atoms with Crippen LogP contribution in [0.3, 0.4) is 0 Å². The Labute approximate surface area is 115 Å². The molecule has 0 N–H and O–H groups in total. The number of Topliss-reactive ketones (excluding diaryl/α,β-unsaturated/α-hetero) is 1. The van der Waals surface area contributed by atoms with Crippen molar-refractivity contribution in [3.05, 3.63) is 29.3 Å². The van der Waals surface area contributed by atoms with Crippen LogP contribution in [0.1, 0.15) is 31.4 Å². The van der Waals surface area contributed by atoms with Crippen molar-refractivity contribution in [3.63, 3.8) is 0 Å². The Morgan fingerprint density at radius 3 is 2.74 bits per heavy atom. The standard InChI is InChI=1S/C16H23NO2/c1-12-5-6-14(19-4)13(9-12)10-17-8-7-15(18)16(2,3)11-17/h5-6,9H,7-8,10-11H2,1-4H3. The van der Waals surface area contributed by atoms with Crippen molar-refractivity contribution >= 4 is 5.78 Å². The maximum absolute atomic E-state index is 11.8. The van der Waals surface area contributed by atoms with Gasteiger partial charge in [0.2, 0.25) is 0 Å². The topological polar surface area (TPSA) is 29.5 Å². The molecular weight excluding hydrogens is 238 g/mol. The summed E-state index contributed by atoms with van der Waals surface area (Å²) >= 11 is 0. The summed E-state index contributed by atoms with van der Waals surface area (Å²) in [6.07, 6.45) is 0.654. The largest absolute Gasteiger partial charge is 0.496 e. The molecule has 1 saturated heterocycles. The number of hydrogen-bond donors (Lipinski definition) is 0. The van der Waals surface area contributed by atoms with Crippen LogP contribution in [-0.4, -0.2) is 30.9 Å². The van der Waals surface area contributed by atoms with Gasteiger partial charge in [-0.2, -0.15) is 0 Å². The Hall–Kier alpha value is -1.35. The highest BCUT2D eigenvalue weighted by molar-refractivity contribution is 5.85. The van der Waals surface area contributed by atoms with Gasteiger partial charge in [0.05, 0.1) is 7.11 Å². The summed E-state index contributed by atoms with van der Waals surface area (Å²) < 4.78 is 5.42. The fourth-order valence-electron chi connectivity index (χ4n) is 2.73. The van der Waals surface area contributed by atoms with Gasteiger partial charge in [-0.25, -0.2) is 0 Å². The Morgan fingerprint density at radius 2 is 2.11 bits per heavy atom. The van der Waals surface area contributed by atoms with E-state index in [1.54, 1.807) is 7.11 Å². The number of ether oxygens (including phenoxy) is 1. The maximum atomic E-state index is 11.8. The van der Waals surface area contributed by atoms with Gasteiger partial charge < -0.3 is 4.74 Å². The van der Waals surface area contributed by atoms with E-state index in [1.807, 2.05) is 19.9 Å². The second-order valence-corrected chi connectivity index (χ2v) is 6.08. The van der Waals surface area contributed by atoms with Crippen LogP contribution in [0.4, 0.5) is 0 Å². The minimum atomic E-state index is -0.227. The first-order valence-electron chi connectivity index (χ1n) is 6.81. The van der Waals surface area contributed by atoms with Crippen molar-refractivity contribution in [2.75, 3.05) is 20.2 Å². The molecule has 0 atom stereocenters. The fourth-order valence-corrected chi connectivity index (χ4v) is 2.73. The highest BCUT2D eigenvalue weighted by atomic mass is 16.5. The number of likely N-dealkylation sites (tertiary alicyclic amines) is 1. The Morgan fingerprint density at radius 1 is 1.37 bits per heavy atom. The minimum Gasteiger partial charge on any atom is -0.496 e. The van der Waals surface area contributed by atoms with Gasteiger partial charge in [0.25, 0.3) is 0 Å². The van der Waals surface area contributed by atoms with Crippen LogP contribution in [0.15, 0.2) is 18.2 Å². The summed E-state index contributed by atoms with van der Waals surface area (Å²) in [5.41, 5.74) is 2.21.